The minimum absolute atomic E-state index is 0.192. The zero-order chi connectivity index (χ0) is 19.7. The molecule has 1 amide bonds. The molecule has 0 aliphatic heterocycles. The van der Waals surface area contributed by atoms with Crippen LogP contribution in [0.4, 0.5) is 0 Å². The Balaban J connectivity index is 1.77. The summed E-state index contributed by atoms with van der Waals surface area (Å²) in [6.07, 6.45) is 1.70. The first-order valence-electron chi connectivity index (χ1n) is 8.84. The van der Waals surface area contributed by atoms with Gasteiger partial charge in [-0.15, -0.1) is 0 Å². The van der Waals surface area contributed by atoms with Crippen molar-refractivity contribution in [3.05, 3.63) is 82.4 Å². The number of rotatable bonds is 4. The quantitative estimate of drug-likeness (QED) is 0.570. The van der Waals surface area contributed by atoms with Crippen molar-refractivity contribution in [3.63, 3.8) is 0 Å². The van der Waals surface area contributed by atoms with Crippen LogP contribution in [0.1, 0.15) is 27.4 Å². The van der Waals surface area contributed by atoms with E-state index in [1.807, 2.05) is 50.2 Å². The number of nitrogens with one attached hydrogen (secondary N) is 1. The van der Waals surface area contributed by atoms with Crippen molar-refractivity contribution in [3.8, 4) is 5.69 Å². The van der Waals surface area contributed by atoms with Gasteiger partial charge in [-0.25, -0.2) is 9.67 Å². The van der Waals surface area contributed by atoms with Crippen molar-refractivity contribution in [1.29, 1.82) is 0 Å². The molecule has 3 heterocycles. The number of fused-ring (bicyclic) bond motifs is 1. The lowest BCUT2D eigenvalue weighted by Gasteiger charge is -2.09. The van der Waals surface area contributed by atoms with Gasteiger partial charge in [-0.05, 0) is 44.2 Å². The molecule has 3 aromatic heterocycles. The second-order valence-electron chi connectivity index (χ2n) is 6.46. The molecule has 4 rings (SSSR count). The number of hydrogen-bond acceptors (Lipinski definition) is 4. The van der Waals surface area contributed by atoms with Gasteiger partial charge in [0.2, 0.25) is 0 Å². The smallest absolute Gasteiger partial charge is 0.252 e. The third-order valence-corrected chi connectivity index (χ3v) is 4.74. The van der Waals surface area contributed by atoms with Gasteiger partial charge in [-0.1, -0.05) is 29.8 Å². The van der Waals surface area contributed by atoms with Crippen molar-refractivity contribution >= 4 is 28.5 Å². The molecule has 1 N–H and O–H groups in total. The van der Waals surface area contributed by atoms with E-state index in [4.69, 9.17) is 11.6 Å². The second kappa shape index (κ2) is 7.40. The Kier molecular flexibility index (Phi) is 4.79. The van der Waals surface area contributed by atoms with Crippen LogP contribution in [0.5, 0.6) is 0 Å². The largest absolute Gasteiger partial charge is 0.346 e. The van der Waals surface area contributed by atoms with E-state index in [1.165, 1.54) is 0 Å². The van der Waals surface area contributed by atoms with Crippen LogP contribution in [0.25, 0.3) is 16.7 Å². The number of para-hydroxylation sites is 1. The first-order valence-corrected chi connectivity index (χ1v) is 9.22. The molecule has 0 atom stereocenters. The van der Waals surface area contributed by atoms with E-state index in [0.29, 0.717) is 33.9 Å². The fourth-order valence-corrected chi connectivity index (χ4v) is 3.37. The average Bonchev–Trinajstić information content (AvgIpc) is 3.02. The number of carbonyl (C=O) groups is 1. The highest BCUT2D eigenvalue weighted by Crippen LogP contribution is 2.27. The minimum atomic E-state index is -0.192. The van der Waals surface area contributed by atoms with E-state index in [1.54, 1.807) is 23.0 Å². The number of hydrogen-bond donors (Lipinski definition) is 1. The Hall–Kier alpha value is -3.25. The van der Waals surface area contributed by atoms with Gasteiger partial charge in [0, 0.05) is 11.9 Å². The zero-order valence-corrected chi connectivity index (χ0v) is 16.2. The fraction of sp³-hybridized carbons (Fsp3) is 0.143. The Morgan fingerprint density at radius 3 is 2.68 bits per heavy atom. The highest BCUT2D eigenvalue weighted by Gasteiger charge is 2.20. The van der Waals surface area contributed by atoms with Crippen LogP contribution >= 0.6 is 11.6 Å². The molecule has 4 aromatic rings. The summed E-state index contributed by atoms with van der Waals surface area (Å²) in [6.45, 7) is 4.07. The summed E-state index contributed by atoms with van der Waals surface area (Å²) >= 11 is 6.35. The second-order valence-corrected chi connectivity index (χ2v) is 6.87. The first-order chi connectivity index (χ1) is 13.5. The van der Waals surface area contributed by atoms with E-state index in [-0.39, 0.29) is 5.91 Å². The molecule has 0 fully saturated rings. The van der Waals surface area contributed by atoms with Gasteiger partial charge in [0.15, 0.2) is 5.65 Å². The molecule has 140 valence electrons. The molecular formula is C21H18ClN5O. The van der Waals surface area contributed by atoms with Gasteiger partial charge in [-0.2, -0.15) is 5.10 Å². The maximum Gasteiger partial charge on any atom is 0.252 e. The van der Waals surface area contributed by atoms with Crippen LogP contribution < -0.4 is 5.32 Å². The molecule has 1 aromatic carbocycles. The molecule has 0 aliphatic rings. The molecule has 0 saturated heterocycles. The summed E-state index contributed by atoms with van der Waals surface area (Å²) < 4.78 is 1.69. The number of aromatic nitrogens is 4. The normalized spacial score (nSPS) is 11.0. The van der Waals surface area contributed by atoms with Gasteiger partial charge in [-0.3, -0.25) is 9.78 Å². The van der Waals surface area contributed by atoms with E-state index < -0.39 is 0 Å². The monoisotopic (exact) mass is 391 g/mol. The molecule has 6 nitrogen and oxygen atoms in total. The minimum Gasteiger partial charge on any atom is -0.346 e. The van der Waals surface area contributed by atoms with Crippen molar-refractivity contribution < 1.29 is 4.79 Å². The molecule has 0 radical (unpaired) electrons. The van der Waals surface area contributed by atoms with Crippen LogP contribution in [0.2, 0.25) is 5.02 Å². The predicted octanol–water partition coefficient (Wildman–Crippen LogP) is 4.02. The third kappa shape index (κ3) is 3.34. The number of nitrogens with zero attached hydrogens (tertiary/aromatic N) is 4. The lowest BCUT2D eigenvalue weighted by atomic mass is 10.1. The Morgan fingerprint density at radius 1 is 1.14 bits per heavy atom. The molecule has 0 aliphatic carbocycles. The molecule has 0 bridgehead atoms. The van der Waals surface area contributed by atoms with Crippen molar-refractivity contribution in [1.82, 2.24) is 25.1 Å². The summed E-state index contributed by atoms with van der Waals surface area (Å²) in [5.41, 5.74) is 4.10. The van der Waals surface area contributed by atoms with Crippen molar-refractivity contribution in [2.24, 2.45) is 0 Å². The molecule has 7 heteroatoms. The molecule has 28 heavy (non-hydrogen) atoms. The van der Waals surface area contributed by atoms with Crippen LogP contribution in [-0.2, 0) is 6.54 Å². The molecular weight excluding hydrogens is 374 g/mol. The predicted molar refractivity (Wildman–Crippen MR) is 109 cm³/mol. The van der Waals surface area contributed by atoms with Crippen molar-refractivity contribution in [2.45, 2.75) is 20.4 Å². The number of amides is 1. The van der Waals surface area contributed by atoms with E-state index >= 15 is 0 Å². The lowest BCUT2D eigenvalue weighted by Crippen LogP contribution is -2.23. The number of carbonyl (C=O) groups excluding carboxylic acids is 1. The zero-order valence-electron chi connectivity index (χ0n) is 15.5. The summed E-state index contributed by atoms with van der Waals surface area (Å²) in [5.74, 6) is -0.192. The van der Waals surface area contributed by atoms with E-state index in [9.17, 15) is 4.79 Å². The van der Waals surface area contributed by atoms with Gasteiger partial charge in [0.05, 0.1) is 39.6 Å². The standard InChI is InChI=1S/C21H18ClN5O/c1-13-11-16(21(28)24-12-15-7-5-6-10-23-15)19-14(2)26-27(20(19)25-13)18-9-4-3-8-17(18)22/h3-11H,12H2,1-2H3,(H,24,28). The summed E-state index contributed by atoms with van der Waals surface area (Å²) in [5, 5.41) is 8.81. The van der Waals surface area contributed by atoms with Gasteiger partial charge >= 0.3 is 0 Å². The summed E-state index contributed by atoms with van der Waals surface area (Å²) in [4.78, 5) is 21.8. The Morgan fingerprint density at radius 2 is 1.93 bits per heavy atom. The average molecular weight is 392 g/mol. The Labute approximate surface area is 167 Å². The highest BCUT2D eigenvalue weighted by atomic mass is 35.5. The van der Waals surface area contributed by atoms with Crippen LogP contribution in [0.3, 0.4) is 0 Å². The number of aryl methyl sites for hydroxylation is 2. The van der Waals surface area contributed by atoms with Gasteiger partial charge < -0.3 is 5.32 Å². The SMILES string of the molecule is Cc1cc(C(=O)NCc2ccccn2)c2c(C)nn(-c3ccccc3Cl)c2n1. The number of pyridine rings is 2. The third-order valence-electron chi connectivity index (χ3n) is 4.42. The van der Waals surface area contributed by atoms with E-state index in [0.717, 1.165) is 17.1 Å². The topological polar surface area (TPSA) is 72.7 Å². The molecule has 0 unspecified atom stereocenters. The Bertz CT molecular complexity index is 1170. The fourth-order valence-electron chi connectivity index (χ4n) is 3.15. The molecule has 0 spiro atoms. The van der Waals surface area contributed by atoms with Crippen LogP contribution in [-0.4, -0.2) is 25.7 Å². The summed E-state index contributed by atoms with van der Waals surface area (Å²) in [7, 11) is 0. The van der Waals surface area contributed by atoms with E-state index in [2.05, 4.69) is 20.4 Å². The number of halogens is 1. The first kappa shape index (κ1) is 18.1. The highest BCUT2D eigenvalue weighted by molar-refractivity contribution is 6.32. The van der Waals surface area contributed by atoms with Crippen molar-refractivity contribution in [2.75, 3.05) is 0 Å². The van der Waals surface area contributed by atoms with Gasteiger partial charge in [0.1, 0.15) is 0 Å². The maximum atomic E-state index is 12.9. The maximum absolute atomic E-state index is 12.9. The molecule has 0 saturated carbocycles. The number of benzene rings is 1. The summed E-state index contributed by atoms with van der Waals surface area (Å²) in [6, 6.07) is 14.8. The van der Waals surface area contributed by atoms with Gasteiger partial charge in [0.25, 0.3) is 5.91 Å². The van der Waals surface area contributed by atoms with Crippen LogP contribution in [0.15, 0.2) is 54.7 Å². The van der Waals surface area contributed by atoms with Crippen LogP contribution in [0, 0.1) is 13.8 Å². The lowest BCUT2D eigenvalue weighted by molar-refractivity contribution is 0.0952.